The Kier molecular flexibility index (Phi) is 6.70. The van der Waals surface area contributed by atoms with E-state index >= 15 is 0 Å². The van der Waals surface area contributed by atoms with Gasteiger partial charge in [0, 0.05) is 60.9 Å². The molecule has 9 rings (SSSR count). The van der Waals surface area contributed by atoms with E-state index in [0.29, 0.717) is 0 Å². The Hall–Kier alpha value is -6.06. The van der Waals surface area contributed by atoms with Crippen LogP contribution in [0.4, 0.5) is 17.1 Å². The molecule has 0 N–H and O–H groups in total. The maximum Gasteiger partial charge on any atom is 0.0541 e. The normalized spacial score (nSPS) is 12.0. The zero-order valence-corrected chi connectivity index (χ0v) is 28.0. The molecule has 0 saturated carbocycles. The lowest BCUT2D eigenvalue weighted by Crippen LogP contribution is -2.21. The summed E-state index contributed by atoms with van der Waals surface area (Å²) >= 11 is 0. The third-order valence-corrected chi connectivity index (χ3v) is 9.76. The van der Waals surface area contributed by atoms with Crippen molar-refractivity contribution >= 4 is 60.7 Å². The minimum absolute atomic E-state index is 0.0208. The van der Waals surface area contributed by atoms with Crippen molar-refractivity contribution in [2.75, 3.05) is 4.90 Å². The summed E-state index contributed by atoms with van der Waals surface area (Å²) < 4.78 is 4.83. The smallest absolute Gasteiger partial charge is 0.0541 e. The second-order valence-corrected chi connectivity index (χ2v) is 13.9. The number of fused-ring (bicyclic) bond motifs is 6. The number of benzene rings is 7. The lowest BCUT2D eigenvalue weighted by molar-refractivity contribution is 0.423. The van der Waals surface area contributed by atoms with Gasteiger partial charge in [0.25, 0.3) is 0 Å². The number of para-hydroxylation sites is 4. The van der Waals surface area contributed by atoms with E-state index in [9.17, 15) is 0 Å². The maximum absolute atomic E-state index is 2.47. The van der Waals surface area contributed by atoms with Gasteiger partial charge in [-0.1, -0.05) is 91.0 Å². The predicted molar refractivity (Wildman–Crippen MR) is 209 cm³/mol. The van der Waals surface area contributed by atoms with Crippen molar-refractivity contribution in [3.8, 4) is 16.8 Å². The Morgan fingerprint density at radius 1 is 0.388 bits per heavy atom. The van der Waals surface area contributed by atoms with Gasteiger partial charge in [-0.05, 0) is 111 Å². The van der Waals surface area contributed by atoms with Crippen molar-refractivity contribution in [3.63, 3.8) is 0 Å². The first-order chi connectivity index (χ1) is 24.0. The van der Waals surface area contributed by atoms with Crippen molar-refractivity contribution in [2.24, 2.45) is 0 Å². The van der Waals surface area contributed by atoms with Crippen molar-refractivity contribution in [2.45, 2.75) is 26.3 Å². The minimum Gasteiger partial charge on any atom is -0.335 e. The van der Waals surface area contributed by atoms with Gasteiger partial charge in [-0.15, -0.1) is 0 Å². The van der Waals surface area contributed by atoms with Crippen LogP contribution in [0.1, 0.15) is 20.8 Å². The molecule has 0 spiro atoms. The van der Waals surface area contributed by atoms with Gasteiger partial charge in [0.1, 0.15) is 0 Å². The molecule has 0 atom stereocenters. The Balaban J connectivity index is 1.11. The molecule has 0 amide bonds. The van der Waals surface area contributed by atoms with Gasteiger partial charge in [0.2, 0.25) is 0 Å². The lowest BCUT2D eigenvalue weighted by atomic mass is 10.0. The Morgan fingerprint density at radius 3 is 1.43 bits per heavy atom. The first-order valence-electron chi connectivity index (χ1n) is 17.0. The van der Waals surface area contributed by atoms with Gasteiger partial charge < -0.3 is 14.0 Å². The maximum atomic E-state index is 2.47. The molecule has 3 heteroatoms. The molecule has 236 valence electrons. The van der Waals surface area contributed by atoms with E-state index < -0.39 is 0 Å². The van der Waals surface area contributed by atoms with E-state index in [1.54, 1.807) is 0 Å². The highest BCUT2D eigenvalue weighted by Gasteiger charge is 2.21. The van der Waals surface area contributed by atoms with Crippen LogP contribution in [0.3, 0.4) is 0 Å². The summed E-state index contributed by atoms with van der Waals surface area (Å²) in [5.41, 5.74) is 11.9. The molecule has 0 fully saturated rings. The number of nitrogens with zero attached hydrogens (tertiary/aromatic N) is 3. The van der Waals surface area contributed by atoms with E-state index in [0.717, 1.165) is 22.7 Å². The minimum atomic E-state index is -0.0208. The SMILES string of the molecule is CC(C)(C)n1c2ccccc2c2cc(-c3ccc(N(c4ccccc4)c4ccc(-n5c6ccccc6c6ccccc65)cc4)cc3)ccc21. The van der Waals surface area contributed by atoms with E-state index in [-0.39, 0.29) is 5.54 Å². The highest BCUT2D eigenvalue weighted by atomic mass is 15.1. The summed E-state index contributed by atoms with van der Waals surface area (Å²) in [5.74, 6) is 0. The summed E-state index contributed by atoms with van der Waals surface area (Å²) in [6.45, 7) is 6.84. The quantitative estimate of drug-likeness (QED) is 0.184. The predicted octanol–water partition coefficient (Wildman–Crippen LogP) is 12.8. The van der Waals surface area contributed by atoms with E-state index in [2.05, 4.69) is 205 Å². The zero-order valence-electron chi connectivity index (χ0n) is 28.0. The Morgan fingerprint density at radius 2 is 0.837 bits per heavy atom. The molecule has 9 aromatic rings. The molecule has 0 aliphatic carbocycles. The fraction of sp³-hybridized carbons (Fsp3) is 0.0870. The van der Waals surface area contributed by atoms with Gasteiger partial charge in [-0.2, -0.15) is 0 Å². The van der Waals surface area contributed by atoms with Gasteiger partial charge in [-0.3, -0.25) is 0 Å². The molecule has 0 unspecified atom stereocenters. The number of rotatable bonds is 5. The second kappa shape index (κ2) is 11.3. The van der Waals surface area contributed by atoms with Crippen molar-refractivity contribution in [1.29, 1.82) is 0 Å². The van der Waals surface area contributed by atoms with Crippen LogP contribution in [-0.2, 0) is 5.54 Å². The first kappa shape index (κ1) is 29.1. The van der Waals surface area contributed by atoms with Crippen LogP contribution in [-0.4, -0.2) is 9.13 Å². The number of anilines is 3. The highest BCUT2D eigenvalue weighted by molar-refractivity contribution is 6.10. The summed E-state index contributed by atoms with van der Waals surface area (Å²) in [4.78, 5) is 2.33. The summed E-state index contributed by atoms with van der Waals surface area (Å²) in [6, 6.07) is 61.6. The summed E-state index contributed by atoms with van der Waals surface area (Å²) in [7, 11) is 0. The largest absolute Gasteiger partial charge is 0.335 e. The summed E-state index contributed by atoms with van der Waals surface area (Å²) in [6.07, 6.45) is 0. The van der Waals surface area contributed by atoms with E-state index in [1.165, 1.54) is 54.7 Å². The molecule has 7 aromatic carbocycles. The molecular formula is C46H37N3. The lowest BCUT2D eigenvalue weighted by Gasteiger charge is -2.26. The summed E-state index contributed by atoms with van der Waals surface area (Å²) in [5, 5.41) is 5.13. The molecule has 0 radical (unpaired) electrons. The van der Waals surface area contributed by atoms with Crippen molar-refractivity contribution in [3.05, 3.63) is 170 Å². The number of aromatic nitrogens is 2. The fourth-order valence-corrected chi connectivity index (χ4v) is 7.65. The Bertz CT molecular complexity index is 2560. The number of hydrogen-bond acceptors (Lipinski definition) is 1. The van der Waals surface area contributed by atoms with Crippen LogP contribution in [0.2, 0.25) is 0 Å². The van der Waals surface area contributed by atoms with Crippen LogP contribution < -0.4 is 4.90 Å². The molecule has 49 heavy (non-hydrogen) atoms. The molecule has 0 aliphatic heterocycles. The zero-order chi connectivity index (χ0) is 33.1. The molecule has 0 bridgehead atoms. The van der Waals surface area contributed by atoms with E-state index in [4.69, 9.17) is 0 Å². The van der Waals surface area contributed by atoms with Crippen LogP contribution in [0.15, 0.2) is 170 Å². The van der Waals surface area contributed by atoms with Crippen molar-refractivity contribution < 1.29 is 0 Å². The van der Waals surface area contributed by atoms with Gasteiger partial charge in [0.05, 0.1) is 11.0 Å². The monoisotopic (exact) mass is 631 g/mol. The highest BCUT2D eigenvalue weighted by Crippen LogP contribution is 2.39. The average molecular weight is 632 g/mol. The fourth-order valence-electron chi connectivity index (χ4n) is 7.65. The van der Waals surface area contributed by atoms with Gasteiger partial charge >= 0.3 is 0 Å². The van der Waals surface area contributed by atoms with E-state index in [1.807, 2.05) is 0 Å². The molecule has 0 aliphatic rings. The topological polar surface area (TPSA) is 13.1 Å². The van der Waals surface area contributed by atoms with Crippen LogP contribution in [0, 0.1) is 0 Å². The molecular weight excluding hydrogens is 595 g/mol. The molecule has 0 saturated heterocycles. The van der Waals surface area contributed by atoms with Crippen LogP contribution in [0.5, 0.6) is 0 Å². The third kappa shape index (κ3) is 4.81. The average Bonchev–Trinajstić information content (AvgIpc) is 3.66. The molecule has 2 heterocycles. The first-order valence-corrected chi connectivity index (χ1v) is 17.0. The number of hydrogen-bond donors (Lipinski definition) is 0. The molecule has 3 nitrogen and oxygen atoms in total. The third-order valence-electron chi connectivity index (χ3n) is 9.76. The molecule has 2 aromatic heterocycles. The second-order valence-electron chi connectivity index (χ2n) is 13.9. The van der Waals surface area contributed by atoms with Gasteiger partial charge in [-0.25, -0.2) is 0 Å². The van der Waals surface area contributed by atoms with Gasteiger partial charge in [0.15, 0.2) is 0 Å². The Labute approximate surface area is 286 Å². The van der Waals surface area contributed by atoms with Crippen molar-refractivity contribution in [1.82, 2.24) is 9.13 Å². The van der Waals surface area contributed by atoms with Crippen LogP contribution in [0.25, 0.3) is 60.4 Å². The van der Waals surface area contributed by atoms with Crippen LogP contribution >= 0.6 is 0 Å². The standard InChI is InChI=1S/C46H37N3/c1-46(2,3)49-44-20-12-9-17-40(44)41-31-33(23-30-45(41)49)32-21-24-35(25-22-32)47(34-13-5-4-6-14-34)36-26-28-37(29-27-36)48-42-18-10-7-15-38(42)39-16-8-11-19-43(39)48/h4-31H,1-3H3.